The quantitative estimate of drug-likeness (QED) is 0.0415. The van der Waals surface area contributed by atoms with E-state index in [4.69, 9.17) is 0 Å². The van der Waals surface area contributed by atoms with Crippen LogP contribution in [0.1, 0.15) is 105 Å². The highest BCUT2D eigenvalue weighted by molar-refractivity contribution is 8.18. The fourth-order valence-corrected chi connectivity index (χ4v) is 11.7. The molecule has 54 heavy (non-hydrogen) atoms. The Hall–Kier alpha value is -4.31. The van der Waals surface area contributed by atoms with Gasteiger partial charge in [0.15, 0.2) is 0 Å². The lowest BCUT2D eigenvalue weighted by molar-refractivity contribution is -0.119. The van der Waals surface area contributed by atoms with E-state index in [0.717, 1.165) is 44.9 Å². The summed E-state index contributed by atoms with van der Waals surface area (Å²) in [6, 6.07) is 66.6. The van der Waals surface area contributed by atoms with Crippen molar-refractivity contribution in [1.82, 2.24) is 0 Å². The number of carbonyl (C=O) groups excluding carboxylic acids is 1. The van der Waals surface area contributed by atoms with Gasteiger partial charge in [-0.1, -0.05) is 221 Å². The summed E-state index contributed by atoms with van der Waals surface area (Å²) in [5.74, 6) is 0.430. The van der Waals surface area contributed by atoms with Gasteiger partial charge in [-0.05, 0) is 52.6 Å². The summed E-state index contributed by atoms with van der Waals surface area (Å²) in [6.07, 6.45) is 10.1. The summed E-state index contributed by atoms with van der Waals surface area (Å²) >= 11 is 4.17. The second-order valence-electron chi connectivity index (χ2n) is 14.2. The van der Waals surface area contributed by atoms with Gasteiger partial charge in [0.1, 0.15) is 5.78 Å². The number of rotatable bonds is 21. The van der Waals surface area contributed by atoms with E-state index in [9.17, 15) is 4.79 Å². The minimum atomic E-state index is -0.467. The van der Waals surface area contributed by atoms with Crippen LogP contribution in [0.15, 0.2) is 182 Å². The molecule has 3 heteroatoms. The molecule has 6 aromatic carbocycles. The van der Waals surface area contributed by atoms with Crippen LogP contribution in [0.25, 0.3) is 0 Å². The Labute approximate surface area is 333 Å². The van der Waals surface area contributed by atoms with Crippen LogP contribution in [0.2, 0.25) is 0 Å². The molecular weight excluding hydrogens is 693 g/mol. The molecule has 1 nitrogen and oxygen atoms in total. The fraction of sp³-hybridized carbons (Fsp3) is 0.275. The number of hydrogen-bond donors (Lipinski definition) is 0. The molecule has 0 heterocycles. The van der Waals surface area contributed by atoms with E-state index < -0.39 is 9.49 Å². The SMILES string of the molecule is CCCCCCC(=O)CCCCCC(SC(c1ccccc1)(c1ccccc1)c1ccccc1)SC(c1ccccc1)(c1ccccc1)c1ccccc1. The van der Waals surface area contributed by atoms with Gasteiger partial charge in [-0.2, -0.15) is 0 Å². The topological polar surface area (TPSA) is 17.1 Å². The molecule has 0 unspecified atom stereocenters. The number of carbonyl (C=O) groups is 1. The molecule has 0 radical (unpaired) electrons. The number of hydrogen-bond acceptors (Lipinski definition) is 3. The summed E-state index contributed by atoms with van der Waals surface area (Å²) in [7, 11) is 0. The van der Waals surface area contributed by atoms with Gasteiger partial charge >= 0.3 is 0 Å². The van der Waals surface area contributed by atoms with Gasteiger partial charge in [-0.15, -0.1) is 23.5 Å². The number of benzene rings is 6. The maximum atomic E-state index is 12.8. The van der Waals surface area contributed by atoms with E-state index in [-0.39, 0.29) is 4.58 Å². The van der Waals surface area contributed by atoms with Crippen molar-refractivity contribution in [2.75, 3.05) is 0 Å². The van der Waals surface area contributed by atoms with Crippen molar-refractivity contribution in [3.8, 4) is 0 Å². The highest BCUT2D eigenvalue weighted by Gasteiger charge is 2.44. The molecule has 0 bridgehead atoms. The lowest BCUT2D eigenvalue weighted by Gasteiger charge is -2.42. The lowest BCUT2D eigenvalue weighted by Crippen LogP contribution is -2.32. The van der Waals surface area contributed by atoms with Gasteiger partial charge in [0, 0.05) is 12.8 Å². The van der Waals surface area contributed by atoms with Gasteiger partial charge in [0.05, 0.1) is 14.1 Å². The molecule has 6 rings (SSSR count). The zero-order valence-corrected chi connectivity index (χ0v) is 33.3. The molecule has 0 aliphatic carbocycles. The molecule has 0 aliphatic rings. The molecule has 0 atom stereocenters. The molecule has 0 fully saturated rings. The average molecular weight is 747 g/mol. The molecule has 0 saturated heterocycles. The van der Waals surface area contributed by atoms with Gasteiger partial charge in [-0.3, -0.25) is 4.79 Å². The molecular formula is C51H54OS2. The normalized spacial score (nSPS) is 11.8. The second kappa shape index (κ2) is 20.4. The third kappa shape index (κ3) is 9.67. The second-order valence-corrected chi connectivity index (χ2v) is 17.3. The summed E-state index contributed by atoms with van der Waals surface area (Å²) in [5, 5.41) is 0. The predicted molar refractivity (Wildman–Crippen MR) is 234 cm³/mol. The highest BCUT2D eigenvalue weighted by Crippen LogP contribution is 2.59. The van der Waals surface area contributed by atoms with Crippen molar-refractivity contribution in [1.29, 1.82) is 0 Å². The Bertz CT molecular complexity index is 1610. The van der Waals surface area contributed by atoms with Crippen molar-refractivity contribution in [2.45, 2.75) is 85.2 Å². The predicted octanol–water partition coefficient (Wildman–Crippen LogP) is 14.3. The van der Waals surface area contributed by atoms with Crippen molar-refractivity contribution in [3.05, 3.63) is 215 Å². The van der Waals surface area contributed by atoms with E-state index >= 15 is 0 Å². The monoisotopic (exact) mass is 746 g/mol. The first kappa shape index (κ1) is 39.4. The van der Waals surface area contributed by atoms with E-state index in [1.807, 2.05) is 0 Å². The van der Waals surface area contributed by atoms with Crippen molar-refractivity contribution >= 4 is 29.3 Å². The summed E-state index contributed by atoms with van der Waals surface area (Å²) in [4.78, 5) is 12.8. The van der Waals surface area contributed by atoms with Crippen LogP contribution >= 0.6 is 23.5 Å². The van der Waals surface area contributed by atoms with Crippen molar-refractivity contribution < 1.29 is 4.79 Å². The van der Waals surface area contributed by atoms with Crippen molar-refractivity contribution in [3.63, 3.8) is 0 Å². The van der Waals surface area contributed by atoms with E-state index in [0.29, 0.717) is 12.2 Å². The lowest BCUT2D eigenvalue weighted by atomic mass is 9.84. The third-order valence-corrected chi connectivity index (χ3v) is 14.1. The Kier molecular flexibility index (Phi) is 14.9. The minimum Gasteiger partial charge on any atom is -0.300 e. The first-order valence-electron chi connectivity index (χ1n) is 19.9. The van der Waals surface area contributed by atoms with E-state index in [1.54, 1.807) is 0 Å². The number of Topliss-reactive ketones (excluding diaryl/α,β-unsaturated/α-hetero) is 1. The number of thioether (sulfide) groups is 2. The molecule has 0 aliphatic heterocycles. The first-order valence-corrected chi connectivity index (χ1v) is 21.6. The van der Waals surface area contributed by atoms with E-state index in [2.05, 4.69) is 212 Å². The maximum Gasteiger partial charge on any atom is 0.132 e. The van der Waals surface area contributed by atoms with E-state index in [1.165, 1.54) is 46.2 Å². The fourth-order valence-electron chi connectivity index (χ4n) is 7.67. The average Bonchev–Trinajstić information content (AvgIpc) is 3.25. The smallest absolute Gasteiger partial charge is 0.132 e. The molecule has 276 valence electrons. The van der Waals surface area contributed by atoms with Gasteiger partial charge in [-0.25, -0.2) is 0 Å². The highest BCUT2D eigenvalue weighted by atomic mass is 32.2. The van der Waals surface area contributed by atoms with Gasteiger partial charge in [0.25, 0.3) is 0 Å². The van der Waals surface area contributed by atoms with Crippen LogP contribution in [0, 0.1) is 0 Å². The third-order valence-electron chi connectivity index (χ3n) is 10.4. The Balaban J connectivity index is 1.44. The van der Waals surface area contributed by atoms with Crippen LogP contribution in [-0.2, 0) is 14.3 Å². The molecule has 0 aromatic heterocycles. The zero-order valence-electron chi connectivity index (χ0n) is 31.7. The van der Waals surface area contributed by atoms with Gasteiger partial charge < -0.3 is 0 Å². The standard InChI is InChI=1S/C51H54OS2/c1-2-3-4-24-39-48(52)40-25-11-26-41-49(53-50(42-27-12-5-13-28-42,43-29-14-6-15-30-43)44-31-16-7-17-32-44)54-51(45-33-18-8-19-34-45,46-35-20-9-21-36-46)47-37-22-10-23-38-47/h5-10,12-23,27-38,49H,2-4,11,24-26,39-41H2,1H3. The van der Waals surface area contributed by atoms with Crippen LogP contribution in [0.3, 0.4) is 0 Å². The molecule has 0 saturated carbocycles. The number of unbranched alkanes of at least 4 members (excludes halogenated alkanes) is 5. The Morgan fingerprint density at radius 2 is 0.685 bits per heavy atom. The first-order chi connectivity index (χ1) is 26.7. The molecule has 0 amide bonds. The summed E-state index contributed by atoms with van der Waals surface area (Å²) in [6.45, 7) is 2.22. The number of ketones is 1. The Morgan fingerprint density at radius 3 is 0.963 bits per heavy atom. The van der Waals surface area contributed by atoms with Crippen LogP contribution in [0.5, 0.6) is 0 Å². The van der Waals surface area contributed by atoms with Crippen molar-refractivity contribution in [2.24, 2.45) is 0 Å². The maximum absolute atomic E-state index is 12.8. The molecule has 6 aromatic rings. The van der Waals surface area contributed by atoms with Crippen LogP contribution in [-0.4, -0.2) is 10.4 Å². The minimum absolute atomic E-state index is 0.163. The molecule has 0 N–H and O–H groups in total. The van der Waals surface area contributed by atoms with Crippen LogP contribution < -0.4 is 0 Å². The largest absolute Gasteiger partial charge is 0.300 e. The zero-order chi connectivity index (χ0) is 37.3. The summed E-state index contributed by atoms with van der Waals surface area (Å²) < 4.78 is -0.770. The molecule has 0 spiro atoms. The summed E-state index contributed by atoms with van der Waals surface area (Å²) in [5.41, 5.74) is 7.65. The Morgan fingerprint density at radius 1 is 0.407 bits per heavy atom. The van der Waals surface area contributed by atoms with Crippen LogP contribution in [0.4, 0.5) is 0 Å². The van der Waals surface area contributed by atoms with Gasteiger partial charge in [0.2, 0.25) is 0 Å².